The molecule has 1 N–H and O–H groups in total. The number of carbonyl (C=O) groups is 2. The summed E-state index contributed by atoms with van der Waals surface area (Å²) in [5.41, 5.74) is 1.72. The summed E-state index contributed by atoms with van der Waals surface area (Å²) in [4.78, 5) is 29.3. The van der Waals surface area contributed by atoms with Gasteiger partial charge in [0.2, 0.25) is 5.91 Å². The lowest BCUT2D eigenvalue weighted by atomic mass is 9.94. The van der Waals surface area contributed by atoms with Crippen molar-refractivity contribution in [3.05, 3.63) is 59.7 Å². The van der Waals surface area contributed by atoms with Gasteiger partial charge in [-0.15, -0.1) is 4.40 Å². The highest BCUT2D eigenvalue weighted by atomic mass is 32.2. The number of hydrogen-bond acceptors (Lipinski definition) is 5. The number of amidine groups is 1. The van der Waals surface area contributed by atoms with Gasteiger partial charge in [-0.1, -0.05) is 12.1 Å². The minimum absolute atomic E-state index is 0.0214. The van der Waals surface area contributed by atoms with Crippen LogP contribution in [-0.2, 0) is 14.8 Å². The Morgan fingerprint density at radius 3 is 2.30 bits per heavy atom. The fraction of sp³-hybridized carbons (Fsp3) is 0.375. The lowest BCUT2D eigenvalue weighted by molar-refractivity contribution is -0.136. The first-order valence-corrected chi connectivity index (χ1v) is 12.7. The van der Waals surface area contributed by atoms with Crippen LogP contribution in [0.2, 0.25) is 0 Å². The lowest BCUT2D eigenvalue weighted by Gasteiger charge is -2.33. The molecule has 8 nitrogen and oxygen atoms in total. The van der Waals surface area contributed by atoms with Crippen molar-refractivity contribution in [2.45, 2.75) is 31.6 Å². The molecule has 0 unspecified atom stereocenters. The van der Waals surface area contributed by atoms with Crippen LogP contribution < -0.4 is 5.32 Å². The van der Waals surface area contributed by atoms with Crippen LogP contribution in [0.1, 0.15) is 42.6 Å². The van der Waals surface area contributed by atoms with E-state index in [9.17, 15) is 18.0 Å². The number of anilines is 1. The minimum atomic E-state index is -3.69. The summed E-state index contributed by atoms with van der Waals surface area (Å²) in [6.45, 7) is 6.49. The van der Waals surface area contributed by atoms with Gasteiger partial charge in [0.15, 0.2) is 5.84 Å². The first kappa shape index (κ1) is 23.0. The van der Waals surface area contributed by atoms with Gasteiger partial charge in [0.1, 0.15) is 4.90 Å². The molecule has 2 aromatic carbocycles. The van der Waals surface area contributed by atoms with Crippen molar-refractivity contribution in [3.8, 4) is 0 Å². The zero-order valence-corrected chi connectivity index (χ0v) is 19.6. The van der Waals surface area contributed by atoms with Crippen LogP contribution in [0.4, 0.5) is 5.69 Å². The van der Waals surface area contributed by atoms with Gasteiger partial charge in [-0.3, -0.25) is 9.59 Å². The number of hydrogen-bond donors (Lipinski definition) is 1. The van der Waals surface area contributed by atoms with Gasteiger partial charge in [-0.05, 0) is 63.1 Å². The van der Waals surface area contributed by atoms with E-state index in [-0.39, 0.29) is 28.5 Å². The Morgan fingerprint density at radius 1 is 1.03 bits per heavy atom. The molecule has 1 saturated heterocycles. The summed E-state index contributed by atoms with van der Waals surface area (Å²) < 4.78 is 28.2. The Hall–Kier alpha value is -3.20. The maximum atomic E-state index is 12.9. The van der Waals surface area contributed by atoms with Gasteiger partial charge in [0.05, 0.1) is 0 Å². The number of carbonyl (C=O) groups excluding carboxylic acids is 2. The standard InChI is InChI=1S/C24H28N4O4S/c1-3-27(4-2)23(29)18-13-15-28(16-14-18)24(30)17-9-11-19(12-10-17)25-22-20-7-5-6-8-21(20)33(31,32)26-22/h5-12,18H,3-4,13-16H2,1-2H3,(H,25,26). The second kappa shape index (κ2) is 9.35. The molecule has 1 fully saturated rings. The van der Waals surface area contributed by atoms with Gasteiger partial charge in [-0.25, -0.2) is 0 Å². The minimum Gasteiger partial charge on any atom is -0.343 e. The quantitative estimate of drug-likeness (QED) is 0.727. The summed E-state index contributed by atoms with van der Waals surface area (Å²) in [6, 6.07) is 13.6. The van der Waals surface area contributed by atoms with Crippen LogP contribution in [0, 0.1) is 5.92 Å². The van der Waals surface area contributed by atoms with E-state index >= 15 is 0 Å². The van der Waals surface area contributed by atoms with Gasteiger partial charge in [0.25, 0.3) is 15.9 Å². The van der Waals surface area contributed by atoms with Crippen molar-refractivity contribution in [1.82, 2.24) is 9.80 Å². The highest BCUT2D eigenvalue weighted by Crippen LogP contribution is 2.27. The topological polar surface area (TPSA) is 99.2 Å². The monoisotopic (exact) mass is 468 g/mol. The Bertz CT molecular complexity index is 1180. The number of sulfonamides is 1. The van der Waals surface area contributed by atoms with E-state index in [0.29, 0.717) is 55.8 Å². The third-order valence-electron chi connectivity index (χ3n) is 6.23. The summed E-state index contributed by atoms with van der Waals surface area (Å²) in [5.74, 6) is 0.360. The molecule has 0 atom stereocenters. The average molecular weight is 469 g/mol. The highest BCUT2D eigenvalue weighted by molar-refractivity contribution is 7.90. The Balaban J connectivity index is 1.38. The molecule has 2 amide bonds. The molecule has 174 valence electrons. The molecule has 0 aliphatic carbocycles. The average Bonchev–Trinajstić information content (AvgIpc) is 3.09. The van der Waals surface area contributed by atoms with Crippen LogP contribution in [0.15, 0.2) is 57.8 Å². The third-order valence-corrected chi connectivity index (χ3v) is 7.57. The first-order valence-electron chi connectivity index (χ1n) is 11.2. The van der Waals surface area contributed by atoms with E-state index in [2.05, 4.69) is 9.71 Å². The summed E-state index contributed by atoms with van der Waals surface area (Å²) >= 11 is 0. The van der Waals surface area contributed by atoms with Crippen LogP contribution in [-0.4, -0.2) is 62.0 Å². The molecule has 2 aliphatic heterocycles. The number of rotatable bonds is 5. The summed E-state index contributed by atoms with van der Waals surface area (Å²) in [7, 11) is -3.69. The first-order chi connectivity index (χ1) is 15.8. The van der Waals surface area contributed by atoms with Crippen molar-refractivity contribution < 1.29 is 18.0 Å². The predicted octanol–water partition coefficient (Wildman–Crippen LogP) is 2.97. The Labute approximate surface area is 194 Å². The van der Waals surface area contributed by atoms with Crippen molar-refractivity contribution >= 4 is 33.4 Å². The molecular formula is C24H28N4O4S. The molecule has 9 heteroatoms. The van der Waals surface area contributed by atoms with Crippen LogP contribution in [0.3, 0.4) is 0 Å². The maximum absolute atomic E-state index is 12.9. The second-order valence-electron chi connectivity index (χ2n) is 8.19. The molecular weight excluding hydrogens is 440 g/mol. The second-order valence-corrected chi connectivity index (χ2v) is 9.76. The normalized spacial score (nSPS) is 17.3. The van der Waals surface area contributed by atoms with E-state index in [1.165, 1.54) is 6.07 Å². The summed E-state index contributed by atoms with van der Waals surface area (Å²) in [6.07, 6.45) is 1.35. The molecule has 0 aromatic heterocycles. The largest absolute Gasteiger partial charge is 0.343 e. The van der Waals surface area contributed by atoms with E-state index in [1.807, 2.05) is 18.7 Å². The van der Waals surface area contributed by atoms with Crippen molar-refractivity contribution in [1.29, 1.82) is 0 Å². The number of amides is 2. The lowest BCUT2D eigenvalue weighted by Crippen LogP contribution is -2.44. The fourth-order valence-corrected chi connectivity index (χ4v) is 5.51. The maximum Gasteiger partial charge on any atom is 0.285 e. The molecule has 0 saturated carbocycles. The summed E-state index contributed by atoms with van der Waals surface area (Å²) in [5, 5.41) is 3.04. The number of nitrogens with one attached hydrogen (secondary N) is 1. The molecule has 33 heavy (non-hydrogen) atoms. The molecule has 2 heterocycles. The zero-order chi connectivity index (χ0) is 23.6. The molecule has 2 aliphatic rings. The SMILES string of the molecule is CCN(CC)C(=O)C1CCN(C(=O)c2ccc(NC3=NS(=O)(=O)c4ccccc43)cc2)CC1. The molecule has 0 bridgehead atoms. The number of fused-ring (bicyclic) bond motifs is 1. The van der Waals surface area contributed by atoms with Crippen LogP contribution in [0.25, 0.3) is 0 Å². The van der Waals surface area contributed by atoms with Crippen LogP contribution in [0.5, 0.6) is 0 Å². The van der Waals surface area contributed by atoms with E-state index in [4.69, 9.17) is 0 Å². The van der Waals surface area contributed by atoms with Crippen molar-refractivity contribution in [3.63, 3.8) is 0 Å². The van der Waals surface area contributed by atoms with Gasteiger partial charge < -0.3 is 15.1 Å². The third kappa shape index (κ3) is 4.64. The van der Waals surface area contributed by atoms with Crippen LogP contribution >= 0.6 is 0 Å². The van der Waals surface area contributed by atoms with Gasteiger partial charge in [-0.2, -0.15) is 8.42 Å². The van der Waals surface area contributed by atoms with E-state index in [0.717, 1.165) is 0 Å². The smallest absolute Gasteiger partial charge is 0.285 e. The Kier molecular flexibility index (Phi) is 6.51. The fourth-order valence-electron chi connectivity index (χ4n) is 4.33. The van der Waals surface area contributed by atoms with Gasteiger partial charge >= 0.3 is 0 Å². The molecule has 2 aromatic rings. The molecule has 0 spiro atoms. The van der Waals surface area contributed by atoms with Crippen molar-refractivity contribution in [2.24, 2.45) is 10.3 Å². The number of nitrogens with zero attached hydrogens (tertiary/aromatic N) is 3. The van der Waals surface area contributed by atoms with E-state index < -0.39 is 10.0 Å². The van der Waals surface area contributed by atoms with Gasteiger partial charge in [0, 0.05) is 48.9 Å². The highest BCUT2D eigenvalue weighted by Gasteiger charge is 2.30. The molecule has 4 rings (SSSR count). The van der Waals surface area contributed by atoms with E-state index in [1.54, 1.807) is 47.4 Å². The number of benzene rings is 2. The number of piperidine rings is 1. The predicted molar refractivity (Wildman–Crippen MR) is 127 cm³/mol. The number of likely N-dealkylation sites (tertiary alicyclic amines) is 1. The molecule has 0 radical (unpaired) electrons. The van der Waals surface area contributed by atoms with Crippen molar-refractivity contribution in [2.75, 3.05) is 31.5 Å². The Morgan fingerprint density at radius 2 is 1.67 bits per heavy atom. The zero-order valence-electron chi connectivity index (χ0n) is 18.8.